The van der Waals surface area contributed by atoms with E-state index in [1.807, 2.05) is 0 Å². The van der Waals surface area contributed by atoms with Gasteiger partial charge in [0, 0.05) is 17.9 Å². The lowest BCUT2D eigenvalue weighted by molar-refractivity contribution is -0.125. The lowest BCUT2D eigenvalue weighted by atomic mass is 10.0. The average Bonchev–Trinajstić information content (AvgIpc) is 2.90. The number of nitrogens with zero attached hydrogens (tertiary/aromatic N) is 2. The maximum absolute atomic E-state index is 12.2. The van der Waals surface area contributed by atoms with Crippen molar-refractivity contribution in [3.63, 3.8) is 0 Å². The molecule has 0 aliphatic heterocycles. The Kier molecular flexibility index (Phi) is 4.90. The molecule has 0 spiro atoms. The SMILES string of the molecule is CCC(=O)c1nn(C(C)(C)C(N)=O)c2cc(OCC(C)(C)O)ccc12. The van der Waals surface area contributed by atoms with Crippen molar-refractivity contribution in [2.75, 3.05) is 6.61 Å². The van der Waals surface area contributed by atoms with Crippen molar-refractivity contribution in [2.24, 2.45) is 5.73 Å². The lowest BCUT2D eigenvalue weighted by Gasteiger charge is -2.22. The molecule has 0 saturated heterocycles. The fourth-order valence-corrected chi connectivity index (χ4v) is 2.35. The van der Waals surface area contributed by atoms with Gasteiger partial charge in [-0.3, -0.25) is 9.59 Å². The van der Waals surface area contributed by atoms with Gasteiger partial charge in [-0.1, -0.05) is 6.92 Å². The highest BCUT2D eigenvalue weighted by Gasteiger charge is 2.32. The van der Waals surface area contributed by atoms with Crippen LogP contribution in [-0.4, -0.2) is 38.8 Å². The lowest BCUT2D eigenvalue weighted by Crippen LogP contribution is -2.41. The summed E-state index contributed by atoms with van der Waals surface area (Å²) in [5.74, 6) is -0.170. The Morgan fingerprint density at radius 3 is 2.44 bits per heavy atom. The molecule has 2 aromatic rings. The zero-order chi connectivity index (χ0) is 19.0. The number of rotatable bonds is 7. The fraction of sp³-hybridized carbons (Fsp3) is 0.500. The summed E-state index contributed by atoms with van der Waals surface area (Å²) in [5.41, 5.74) is 4.31. The first-order valence-corrected chi connectivity index (χ1v) is 8.19. The van der Waals surface area contributed by atoms with E-state index in [0.717, 1.165) is 0 Å². The Hall–Kier alpha value is -2.41. The number of carbonyl (C=O) groups is 2. The van der Waals surface area contributed by atoms with Gasteiger partial charge in [0.1, 0.15) is 23.6 Å². The first kappa shape index (κ1) is 18.9. The van der Waals surface area contributed by atoms with E-state index >= 15 is 0 Å². The minimum Gasteiger partial charge on any atom is -0.491 e. The fourth-order valence-electron chi connectivity index (χ4n) is 2.35. The van der Waals surface area contributed by atoms with Crippen molar-refractivity contribution in [2.45, 2.75) is 52.2 Å². The molecule has 0 fully saturated rings. The summed E-state index contributed by atoms with van der Waals surface area (Å²) in [6.07, 6.45) is 0.306. The molecule has 3 N–H and O–H groups in total. The number of fused-ring (bicyclic) bond motifs is 1. The zero-order valence-electron chi connectivity index (χ0n) is 15.3. The van der Waals surface area contributed by atoms with Crippen LogP contribution >= 0.6 is 0 Å². The zero-order valence-corrected chi connectivity index (χ0v) is 15.3. The van der Waals surface area contributed by atoms with Crippen LogP contribution in [0.1, 0.15) is 51.5 Å². The van der Waals surface area contributed by atoms with Gasteiger partial charge in [-0.25, -0.2) is 4.68 Å². The molecule has 0 radical (unpaired) electrons. The Morgan fingerprint density at radius 1 is 1.28 bits per heavy atom. The van der Waals surface area contributed by atoms with Crippen molar-refractivity contribution >= 4 is 22.6 Å². The molecule has 7 nitrogen and oxygen atoms in total. The third-order valence-electron chi connectivity index (χ3n) is 3.96. The van der Waals surface area contributed by atoms with E-state index in [0.29, 0.717) is 28.8 Å². The maximum atomic E-state index is 12.2. The van der Waals surface area contributed by atoms with Crippen molar-refractivity contribution < 1.29 is 19.4 Å². The largest absolute Gasteiger partial charge is 0.491 e. The summed E-state index contributed by atoms with van der Waals surface area (Å²) in [6.45, 7) is 8.44. The van der Waals surface area contributed by atoms with Gasteiger partial charge in [0.25, 0.3) is 0 Å². The van der Waals surface area contributed by atoms with Gasteiger partial charge in [0.15, 0.2) is 5.78 Å². The van der Waals surface area contributed by atoms with Gasteiger partial charge in [-0.2, -0.15) is 5.10 Å². The molecule has 7 heteroatoms. The van der Waals surface area contributed by atoms with Gasteiger partial charge < -0.3 is 15.6 Å². The third-order valence-corrected chi connectivity index (χ3v) is 3.96. The Bertz CT molecular complexity index is 816. The molecule has 1 aromatic heterocycles. The van der Waals surface area contributed by atoms with Gasteiger partial charge in [-0.15, -0.1) is 0 Å². The molecule has 1 aromatic carbocycles. The normalized spacial score (nSPS) is 12.4. The van der Waals surface area contributed by atoms with Crippen LogP contribution in [0.5, 0.6) is 5.75 Å². The molecule has 136 valence electrons. The van der Waals surface area contributed by atoms with Gasteiger partial charge in [-0.05, 0) is 39.8 Å². The summed E-state index contributed by atoms with van der Waals surface area (Å²) in [5, 5.41) is 14.8. The predicted molar refractivity (Wildman–Crippen MR) is 94.7 cm³/mol. The van der Waals surface area contributed by atoms with E-state index in [-0.39, 0.29) is 12.4 Å². The van der Waals surface area contributed by atoms with Crippen LogP contribution in [0.15, 0.2) is 18.2 Å². The molecule has 0 aliphatic carbocycles. The quantitative estimate of drug-likeness (QED) is 0.745. The number of benzene rings is 1. The predicted octanol–water partition coefficient (Wildman–Crippen LogP) is 2.00. The van der Waals surface area contributed by atoms with Crippen LogP contribution in [-0.2, 0) is 10.3 Å². The summed E-state index contributed by atoms with van der Waals surface area (Å²) in [4.78, 5) is 24.1. The highest BCUT2D eigenvalue weighted by Crippen LogP contribution is 2.29. The highest BCUT2D eigenvalue weighted by molar-refractivity contribution is 6.06. The number of hydrogen-bond acceptors (Lipinski definition) is 5. The minimum atomic E-state index is -1.11. The number of aliphatic hydroxyl groups is 1. The Labute approximate surface area is 146 Å². The molecule has 0 bridgehead atoms. The Morgan fingerprint density at radius 2 is 1.92 bits per heavy atom. The van der Waals surface area contributed by atoms with E-state index in [1.54, 1.807) is 52.8 Å². The number of ether oxygens (including phenoxy) is 1. The highest BCUT2D eigenvalue weighted by atomic mass is 16.5. The van der Waals surface area contributed by atoms with Crippen LogP contribution in [0.2, 0.25) is 0 Å². The number of carbonyl (C=O) groups excluding carboxylic acids is 2. The third kappa shape index (κ3) is 3.82. The monoisotopic (exact) mass is 347 g/mol. The van der Waals surface area contributed by atoms with Gasteiger partial charge >= 0.3 is 0 Å². The molecule has 0 saturated carbocycles. The van der Waals surface area contributed by atoms with E-state index in [4.69, 9.17) is 10.5 Å². The number of Topliss-reactive ketones (excluding diaryl/α,β-unsaturated/α-hetero) is 1. The van der Waals surface area contributed by atoms with E-state index in [9.17, 15) is 14.7 Å². The summed E-state index contributed by atoms with van der Waals surface area (Å²) in [6, 6.07) is 5.15. The second-order valence-electron chi connectivity index (χ2n) is 7.24. The van der Waals surface area contributed by atoms with E-state index < -0.39 is 17.0 Å². The standard InChI is InChI=1S/C18H25N3O4/c1-6-14(22)15-12-8-7-11(25-10-17(2,3)24)9-13(12)21(20-15)18(4,5)16(19)23/h7-9,24H,6,10H2,1-5H3,(H2,19,23). The van der Waals surface area contributed by atoms with Crippen molar-refractivity contribution in [3.8, 4) is 5.75 Å². The van der Waals surface area contributed by atoms with Crippen LogP contribution in [0.4, 0.5) is 0 Å². The second kappa shape index (κ2) is 6.48. The molecule has 0 atom stereocenters. The van der Waals surface area contributed by atoms with Gasteiger partial charge in [0.2, 0.25) is 5.91 Å². The molecular weight excluding hydrogens is 322 g/mol. The second-order valence-corrected chi connectivity index (χ2v) is 7.24. The number of aromatic nitrogens is 2. The van der Waals surface area contributed by atoms with Gasteiger partial charge in [0.05, 0.1) is 11.1 Å². The first-order chi connectivity index (χ1) is 11.5. The van der Waals surface area contributed by atoms with Crippen molar-refractivity contribution in [1.29, 1.82) is 0 Å². The smallest absolute Gasteiger partial charge is 0.244 e. The number of amides is 1. The molecule has 0 unspecified atom stereocenters. The number of nitrogens with two attached hydrogens (primary N) is 1. The minimum absolute atomic E-state index is 0.104. The number of hydrogen-bond donors (Lipinski definition) is 2. The maximum Gasteiger partial charge on any atom is 0.244 e. The molecule has 25 heavy (non-hydrogen) atoms. The number of ketones is 1. The van der Waals surface area contributed by atoms with Crippen LogP contribution in [0, 0.1) is 0 Å². The average molecular weight is 347 g/mol. The summed E-state index contributed by atoms with van der Waals surface area (Å²) >= 11 is 0. The molecule has 1 heterocycles. The van der Waals surface area contributed by atoms with Crippen LogP contribution in [0.3, 0.4) is 0 Å². The summed E-state index contributed by atoms with van der Waals surface area (Å²) in [7, 11) is 0. The van der Waals surface area contributed by atoms with E-state index in [1.165, 1.54) is 4.68 Å². The molecule has 1 amide bonds. The first-order valence-electron chi connectivity index (χ1n) is 8.19. The molecule has 2 rings (SSSR count). The topological polar surface area (TPSA) is 107 Å². The Balaban J connectivity index is 2.61. The molecular formula is C18H25N3O4. The number of primary amides is 1. The van der Waals surface area contributed by atoms with Crippen LogP contribution in [0.25, 0.3) is 10.9 Å². The van der Waals surface area contributed by atoms with Crippen LogP contribution < -0.4 is 10.5 Å². The van der Waals surface area contributed by atoms with E-state index in [2.05, 4.69) is 5.10 Å². The van der Waals surface area contributed by atoms with Crippen molar-refractivity contribution in [1.82, 2.24) is 9.78 Å². The van der Waals surface area contributed by atoms with Crippen molar-refractivity contribution in [3.05, 3.63) is 23.9 Å². The summed E-state index contributed by atoms with van der Waals surface area (Å²) < 4.78 is 7.07. The molecule has 0 aliphatic rings.